The lowest BCUT2D eigenvalue weighted by molar-refractivity contribution is 0.0503. The van der Waals surface area contributed by atoms with Crippen molar-refractivity contribution in [1.82, 2.24) is 14.9 Å². The normalized spacial score (nSPS) is 12.5. The summed E-state index contributed by atoms with van der Waals surface area (Å²) in [6, 6.07) is 19.9. The Morgan fingerprint density at radius 3 is 2.47 bits per heavy atom. The molecular formula is C27H28N3O2. The van der Waals surface area contributed by atoms with Crippen LogP contribution in [-0.2, 0) is 11.2 Å². The Bertz CT molecular complexity index is 1210. The number of alkyl carbamates (subject to hydrolysis) is 1. The number of pyridine rings is 1. The molecule has 4 aromatic rings. The second-order valence-corrected chi connectivity index (χ2v) is 8.86. The van der Waals surface area contributed by atoms with E-state index in [4.69, 9.17) is 4.74 Å². The lowest BCUT2D eigenvalue weighted by Crippen LogP contribution is -2.36. The fourth-order valence-electron chi connectivity index (χ4n) is 3.91. The van der Waals surface area contributed by atoms with Gasteiger partial charge in [-0.05, 0) is 62.9 Å². The van der Waals surface area contributed by atoms with Gasteiger partial charge in [-0.25, -0.2) is 4.79 Å². The highest BCUT2D eigenvalue weighted by Crippen LogP contribution is 2.32. The molecule has 0 saturated heterocycles. The minimum absolute atomic E-state index is 0.286. The summed E-state index contributed by atoms with van der Waals surface area (Å²) in [7, 11) is 0. The van der Waals surface area contributed by atoms with Crippen LogP contribution in [0.4, 0.5) is 4.79 Å². The van der Waals surface area contributed by atoms with Gasteiger partial charge in [0, 0.05) is 29.7 Å². The molecule has 0 aliphatic carbocycles. The van der Waals surface area contributed by atoms with Gasteiger partial charge in [-0.2, -0.15) is 0 Å². The number of hydrogen-bond acceptors (Lipinski definition) is 3. The maximum Gasteiger partial charge on any atom is 0.408 e. The highest BCUT2D eigenvalue weighted by Gasteiger charge is 2.24. The van der Waals surface area contributed by atoms with Crippen molar-refractivity contribution in [3.63, 3.8) is 0 Å². The van der Waals surface area contributed by atoms with Crippen LogP contribution < -0.4 is 5.32 Å². The molecule has 0 saturated carbocycles. The van der Waals surface area contributed by atoms with Crippen LogP contribution >= 0.6 is 0 Å². The molecule has 0 aliphatic rings. The Morgan fingerprint density at radius 1 is 1.06 bits per heavy atom. The average molecular weight is 427 g/mol. The zero-order valence-corrected chi connectivity index (χ0v) is 18.7. The zero-order valence-electron chi connectivity index (χ0n) is 18.7. The van der Waals surface area contributed by atoms with Crippen molar-refractivity contribution < 1.29 is 9.53 Å². The molecule has 1 unspecified atom stereocenters. The SMILES string of the molecule is [CH2]c1cn(-c2ccncc2)c2c(C(Cc3ccccc3)NC(=O)OC(C)(C)C)cccc12. The number of fused-ring (bicyclic) bond motifs is 1. The third-order valence-electron chi connectivity index (χ3n) is 5.23. The number of amides is 1. The molecule has 0 spiro atoms. The van der Waals surface area contributed by atoms with E-state index in [0.29, 0.717) is 6.42 Å². The molecule has 2 heterocycles. The van der Waals surface area contributed by atoms with Gasteiger partial charge >= 0.3 is 6.09 Å². The van der Waals surface area contributed by atoms with Gasteiger partial charge < -0.3 is 14.6 Å². The number of ether oxygens (including phenoxy) is 1. The van der Waals surface area contributed by atoms with Crippen molar-refractivity contribution in [3.05, 3.63) is 103 Å². The van der Waals surface area contributed by atoms with Gasteiger partial charge in [-0.1, -0.05) is 48.5 Å². The number of aromatic nitrogens is 2. The molecule has 1 N–H and O–H groups in total. The van der Waals surface area contributed by atoms with Crippen LogP contribution in [0.1, 0.15) is 43.5 Å². The summed E-state index contributed by atoms with van der Waals surface area (Å²) in [5.74, 6) is 0. The molecule has 2 aromatic carbocycles. The summed E-state index contributed by atoms with van der Waals surface area (Å²) in [5, 5.41) is 4.16. The first-order chi connectivity index (χ1) is 15.3. The smallest absolute Gasteiger partial charge is 0.408 e. The molecule has 5 heteroatoms. The van der Waals surface area contributed by atoms with Gasteiger partial charge in [0.25, 0.3) is 0 Å². The van der Waals surface area contributed by atoms with Crippen LogP contribution in [0.2, 0.25) is 0 Å². The number of nitrogens with one attached hydrogen (secondary N) is 1. The van der Waals surface area contributed by atoms with Crippen molar-refractivity contribution in [2.75, 3.05) is 0 Å². The highest BCUT2D eigenvalue weighted by atomic mass is 16.6. The topological polar surface area (TPSA) is 56.2 Å². The van der Waals surface area contributed by atoms with Gasteiger partial charge in [-0.3, -0.25) is 4.98 Å². The number of para-hydroxylation sites is 1. The maximum absolute atomic E-state index is 12.8. The van der Waals surface area contributed by atoms with Crippen molar-refractivity contribution in [2.45, 2.75) is 38.8 Å². The highest BCUT2D eigenvalue weighted by molar-refractivity contribution is 5.89. The van der Waals surface area contributed by atoms with Gasteiger partial charge in [0.1, 0.15) is 5.60 Å². The monoisotopic (exact) mass is 426 g/mol. The summed E-state index contributed by atoms with van der Waals surface area (Å²) in [6.07, 6.45) is 5.76. The molecule has 1 atom stereocenters. The van der Waals surface area contributed by atoms with E-state index in [1.807, 2.05) is 63.4 Å². The predicted octanol–water partition coefficient (Wildman–Crippen LogP) is 6.02. The summed E-state index contributed by atoms with van der Waals surface area (Å²) >= 11 is 0. The Hall–Kier alpha value is -3.60. The fourth-order valence-corrected chi connectivity index (χ4v) is 3.91. The minimum Gasteiger partial charge on any atom is -0.444 e. The van der Waals surface area contributed by atoms with E-state index >= 15 is 0 Å². The molecule has 5 nitrogen and oxygen atoms in total. The van der Waals surface area contributed by atoms with Crippen LogP contribution in [0.25, 0.3) is 16.6 Å². The van der Waals surface area contributed by atoms with Gasteiger partial charge in [-0.15, -0.1) is 0 Å². The summed E-state index contributed by atoms with van der Waals surface area (Å²) in [6.45, 7) is 9.83. The maximum atomic E-state index is 12.8. The molecule has 1 amide bonds. The number of rotatable bonds is 5. The summed E-state index contributed by atoms with van der Waals surface area (Å²) in [5.41, 5.74) is 4.48. The zero-order chi connectivity index (χ0) is 22.7. The van der Waals surface area contributed by atoms with E-state index in [2.05, 4.69) is 46.1 Å². The first-order valence-electron chi connectivity index (χ1n) is 10.7. The second kappa shape index (κ2) is 8.87. The second-order valence-electron chi connectivity index (χ2n) is 8.86. The van der Waals surface area contributed by atoms with E-state index in [1.54, 1.807) is 12.4 Å². The van der Waals surface area contributed by atoms with Crippen molar-refractivity contribution in [2.24, 2.45) is 0 Å². The van der Waals surface area contributed by atoms with E-state index in [0.717, 1.165) is 33.3 Å². The third-order valence-corrected chi connectivity index (χ3v) is 5.23. The molecule has 32 heavy (non-hydrogen) atoms. The molecule has 2 aromatic heterocycles. The van der Waals surface area contributed by atoms with Crippen LogP contribution in [0.3, 0.4) is 0 Å². The summed E-state index contributed by atoms with van der Waals surface area (Å²) < 4.78 is 7.70. The van der Waals surface area contributed by atoms with Crippen LogP contribution in [-0.4, -0.2) is 21.2 Å². The van der Waals surface area contributed by atoms with E-state index in [1.165, 1.54) is 0 Å². The minimum atomic E-state index is -0.578. The first kappa shape index (κ1) is 21.6. The lowest BCUT2D eigenvalue weighted by atomic mass is 9.96. The van der Waals surface area contributed by atoms with E-state index in [-0.39, 0.29) is 6.04 Å². The van der Waals surface area contributed by atoms with Gasteiger partial charge in [0.15, 0.2) is 0 Å². The fraction of sp³-hybridized carbons (Fsp3) is 0.222. The average Bonchev–Trinajstić information content (AvgIpc) is 3.10. The predicted molar refractivity (Wildman–Crippen MR) is 128 cm³/mol. The molecular weight excluding hydrogens is 398 g/mol. The molecule has 1 radical (unpaired) electrons. The number of carbonyl (C=O) groups excluding carboxylic acids is 1. The van der Waals surface area contributed by atoms with E-state index < -0.39 is 11.7 Å². The van der Waals surface area contributed by atoms with Gasteiger partial charge in [0.05, 0.1) is 11.6 Å². The molecule has 163 valence electrons. The van der Waals surface area contributed by atoms with Crippen molar-refractivity contribution in [3.8, 4) is 5.69 Å². The number of carbonyl (C=O) groups is 1. The quantitative estimate of drug-likeness (QED) is 0.425. The number of hydrogen-bond donors (Lipinski definition) is 1. The number of benzene rings is 2. The molecule has 0 aliphatic heterocycles. The van der Waals surface area contributed by atoms with E-state index in [9.17, 15) is 4.79 Å². The van der Waals surface area contributed by atoms with Crippen LogP contribution in [0, 0.1) is 6.92 Å². The third kappa shape index (κ3) is 4.83. The van der Waals surface area contributed by atoms with Crippen molar-refractivity contribution in [1.29, 1.82) is 0 Å². The molecule has 4 rings (SSSR count). The Balaban J connectivity index is 1.83. The van der Waals surface area contributed by atoms with Crippen LogP contribution in [0.15, 0.2) is 79.3 Å². The molecule has 0 fully saturated rings. The molecule has 0 bridgehead atoms. The number of nitrogens with zero attached hydrogens (tertiary/aromatic N) is 2. The Morgan fingerprint density at radius 2 is 1.78 bits per heavy atom. The van der Waals surface area contributed by atoms with Crippen molar-refractivity contribution >= 4 is 17.0 Å². The lowest BCUT2D eigenvalue weighted by Gasteiger charge is -2.25. The Kier molecular flexibility index (Phi) is 5.99. The van der Waals surface area contributed by atoms with Gasteiger partial charge in [0.2, 0.25) is 0 Å². The van der Waals surface area contributed by atoms with Crippen LogP contribution in [0.5, 0.6) is 0 Å². The largest absolute Gasteiger partial charge is 0.444 e. The first-order valence-corrected chi connectivity index (χ1v) is 10.7. The Labute approximate surface area is 189 Å². The summed E-state index contributed by atoms with van der Waals surface area (Å²) in [4.78, 5) is 16.9. The standard InChI is InChI=1S/C27H28N3O2/c1-19-18-30(21-13-15-28-16-14-21)25-22(19)11-8-12-23(25)24(17-20-9-6-5-7-10-20)29-26(31)32-27(2,3)4/h5-16,18,24H,1,17H2,2-4H3,(H,29,31).